The first-order valence-corrected chi connectivity index (χ1v) is 8.02. The van der Waals surface area contributed by atoms with E-state index in [9.17, 15) is 4.79 Å². The number of fused-ring (bicyclic) bond motifs is 2. The first-order valence-electron chi connectivity index (χ1n) is 8.02. The van der Waals surface area contributed by atoms with E-state index >= 15 is 0 Å². The lowest BCUT2D eigenvalue weighted by Gasteiger charge is -2.20. The number of aliphatic hydroxyl groups is 2. The van der Waals surface area contributed by atoms with Crippen molar-refractivity contribution in [1.82, 2.24) is 0 Å². The molecule has 0 atom stereocenters. The van der Waals surface area contributed by atoms with Gasteiger partial charge < -0.3 is 10.2 Å². The number of ketones is 1. The molecule has 0 saturated carbocycles. The number of allylic oxidation sites excluding steroid dienone is 1. The molecule has 2 aromatic carbocycles. The number of rotatable bonds is 0. The van der Waals surface area contributed by atoms with Crippen molar-refractivity contribution in [1.29, 1.82) is 0 Å². The molecule has 0 spiro atoms. The maximum Gasteiger partial charge on any atom is 0.167 e. The Labute approximate surface area is 167 Å². The third-order valence-electron chi connectivity index (χ3n) is 3.47. The van der Waals surface area contributed by atoms with Gasteiger partial charge in [0.05, 0.1) is 0 Å². The number of Topliss-reactive ketones (excluding diaryl/α,β-unsaturated/α-hetero) is 1. The molecule has 2 N–H and O–H groups in total. The molecule has 0 unspecified atom stereocenters. The highest BCUT2D eigenvalue weighted by Gasteiger charge is 2.20. The first-order chi connectivity index (χ1) is 11.8. The SMILES string of the molecule is C.C.C.C=C1Cc2ccccc21.CC.CO.CO.O=C1Cc2ccccc21. The van der Waals surface area contributed by atoms with E-state index in [-0.39, 0.29) is 28.1 Å². The lowest BCUT2D eigenvalue weighted by molar-refractivity contribution is 0.0968. The van der Waals surface area contributed by atoms with E-state index in [4.69, 9.17) is 10.2 Å². The highest BCUT2D eigenvalue weighted by atomic mass is 16.2. The molecule has 0 saturated heterocycles. The number of hydrogen-bond donors (Lipinski definition) is 2. The first kappa shape index (κ1) is 32.4. The number of carbonyl (C=O) groups is 1. The van der Waals surface area contributed by atoms with Gasteiger partial charge >= 0.3 is 0 Å². The monoisotopic (exact) mass is 376 g/mol. The zero-order valence-electron chi connectivity index (χ0n) is 15.0. The number of benzene rings is 2. The predicted octanol–water partition coefficient (Wildman–Crippen LogP) is 5.83. The molecule has 27 heavy (non-hydrogen) atoms. The minimum atomic E-state index is 0. The van der Waals surface area contributed by atoms with Crippen molar-refractivity contribution in [3.05, 3.63) is 77.4 Å². The molecule has 0 aliphatic heterocycles. The lowest BCUT2D eigenvalue weighted by Crippen LogP contribution is -2.17. The van der Waals surface area contributed by atoms with Gasteiger partial charge in [-0.1, -0.05) is 91.2 Å². The van der Waals surface area contributed by atoms with Crippen molar-refractivity contribution in [3.8, 4) is 0 Å². The quantitative estimate of drug-likeness (QED) is 0.608. The topological polar surface area (TPSA) is 57.5 Å². The van der Waals surface area contributed by atoms with E-state index < -0.39 is 0 Å². The molecule has 154 valence electrons. The maximum atomic E-state index is 10.7. The molecule has 0 fully saturated rings. The Morgan fingerprint density at radius 3 is 1.33 bits per heavy atom. The van der Waals surface area contributed by atoms with Crippen molar-refractivity contribution < 1.29 is 15.0 Å². The van der Waals surface area contributed by atoms with Gasteiger partial charge in [0, 0.05) is 26.2 Å². The van der Waals surface area contributed by atoms with Crippen LogP contribution in [0.1, 0.15) is 63.2 Å². The molecule has 2 aliphatic carbocycles. The Balaban J connectivity index is -0.000000142. The highest BCUT2D eigenvalue weighted by molar-refractivity contribution is 6.06. The molecule has 2 aliphatic rings. The summed E-state index contributed by atoms with van der Waals surface area (Å²) in [5.74, 6) is 0.283. The fourth-order valence-electron chi connectivity index (χ4n) is 2.35. The Bertz CT molecular complexity index is 588. The van der Waals surface area contributed by atoms with Crippen LogP contribution in [0, 0.1) is 0 Å². The third kappa shape index (κ3) is 8.80. The van der Waals surface area contributed by atoms with Crippen LogP contribution in [-0.4, -0.2) is 30.2 Å². The summed E-state index contributed by atoms with van der Waals surface area (Å²) in [5, 5.41) is 14.0. The summed E-state index contributed by atoms with van der Waals surface area (Å²) in [6.07, 6.45) is 1.74. The minimum Gasteiger partial charge on any atom is -0.400 e. The molecule has 0 radical (unpaired) electrons. The van der Waals surface area contributed by atoms with Crippen LogP contribution in [0.4, 0.5) is 0 Å². The van der Waals surface area contributed by atoms with Gasteiger partial charge in [-0.25, -0.2) is 0 Å². The third-order valence-corrected chi connectivity index (χ3v) is 3.47. The summed E-state index contributed by atoms with van der Waals surface area (Å²) in [7, 11) is 2.00. The summed E-state index contributed by atoms with van der Waals surface area (Å²) >= 11 is 0. The standard InChI is InChI=1S/C9H8.C8H6O.C2H6.2CH4O.3CH4/c1-7-6-8-4-2-3-5-9(7)8;9-8-5-6-3-1-2-4-7(6)8;3*1-2;;;/h2-5H,1,6H2;1-4H,5H2;1-2H3;2*2H,1H3;3*1H4. The van der Waals surface area contributed by atoms with Gasteiger partial charge in [0.2, 0.25) is 0 Å². The predicted molar refractivity (Wildman–Crippen MR) is 121 cm³/mol. The molecule has 0 amide bonds. The van der Waals surface area contributed by atoms with Crippen molar-refractivity contribution >= 4 is 11.4 Å². The summed E-state index contributed by atoms with van der Waals surface area (Å²) in [6.45, 7) is 7.90. The van der Waals surface area contributed by atoms with Crippen molar-refractivity contribution in [3.63, 3.8) is 0 Å². The zero-order chi connectivity index (χ0) is 18.5. The minimum absolute atomic E-state index is 0. The molecule has 4 rings (SSSR count). The van der Waals surface area contributed by atoms with Crippen LogP contribution < -0.4 is 0 Å². The molecular formula is C24H40O3. The van der Waals surface area contributed by atoms with E-state index in [1.165, 1.54) is 22.3 Å². The summed E-state index contributed by atoms with van der Waals surface area (Å²) in [6, 6.07) is 16.2. The van der Waals surface area contributed by atoms with Crippen LogP contribution in [-0.2, 0) is 12.8 Å². The summed E-state index contributed by atoms with van der Waals surface area (Å²) < 4.78 is 0. The fraction of sp³-hybridized carbons (Fsp3) is 0.375. The van der Waals surface area contributed by atoms with Gasteiger partial charge in [0.25, 0.3) is 0 Å². The van der Waals surface area contributed by atoms with Crippen molar-refractivity contribution in [2.75, 3.05) is 14.2 Å². The zero-order valence-corrected chi connectivity index (χ0v) is 15.0. The van der Waals surface area contributed by atoms with Crippen molar-refractivity contribution in [2.24, 2.45) is 0 Å². The number of hydrogen-bond acceptors (Lipinski definition) is 3. The molecular weight excluding hydrogens is 336 g/mol. The average molecular weight is 377 g/mol. The molecule has 0 aromatic heterocycles. The van der Waals surface area contributed by atoms with Gasteiger partial charge in [-0.3, -0.25) is 4.79 Å². The molecule has 0 heterocycles. The molecule has 0 bridgehead atoms. The normalized spacial score (nSPS) is 10.3. The number of aliphatic hydroxyl groups excluding tert-OH is 2. The van der Waals surface area contributed by atoms with E-state index in [1.54, 1.807) is 0 Å². The van der Waals surface area contributed by atoms with Crippen LogP contribution in [0.15, 0.2) is 55.1 Å². The van der Waals surface area contributed by atoms with Crippen LogP contribution in [0.3, 0.4) is 0 Å². The fourth-order valence-corrected chi connectivity index (χ4v) is 2.35. The number of carbonyl (C=O) groups excluding carboxylic acids is 1. The van der Waals surface area contributed by atoms with Crippen LogP contribution in [0.5, 0.6) is 0 Å². The van der Waals surface area contributed by atoms with Crippen LogP contribution in [0.25, 0.3) is 5.57 Å². The Morgan fingerprint density at radius 1 is 0.704 bits per heavy atom. The molecule has 2 aromatic rings. The largest absolute Gasteiger partial charge is 0.400 e. The van der Waals surface area contributed by atoms with E-state index in [1.807, 2.05) is 38.1 Å². The van der Waals surface area contributed by atoms with Crippen LogP contribution >= 0.6 is 0 Å². The van der Waals surface area contributed by atoms with E-state index in [0.717, 1.165) is 26.2 Å². The van der Waals surface area contributed by atoms with Crippen LogP contribution in [0.2, 0.25) is 0 Å². The van der Waals surface area contributed by atoms with Gasteiger partial charge in [-0.15, -0.1) is 0 Å². The lowest BCUT2D eigenvalue weighted by atomic mass is 9.84. The van der Waals surface area contributed by atoms with Crippen molar-refractivity contribution in [2.45, 2.75) is 49.0 Å². The van der Waals surface area contributed by atoms with Gasteiger partial charge in [-0.05, 0) is 28.7 Å². The maximum absolute atomic E-state index is 10.7. The summed E-state index contributed by atoms with van der Waals surface area (Å²) in [4.78, 5) is 10.7. The van der Waals surface area contributed by atoms with Gasteiger partial charge in [0.15, 0.2) is 5.78 Å². The Kier molecular flexibility index (Phi) is 22.3. The second-order valence-corrected chi connectivity index (χ2v) is 4.69. The second kappa shape index (κ2) is 18.6. The average Bonchev–Trinajstić information content (AvgIpc) is 2.66. The molecule has 3 nitrogen and oxygen atoms in total. The summed E-state index contributed by atoms with van der Waals surface area (Å²) in [5.41, 5.74) is 6.20. The highest BCUT2D eigenvalue weighted by Crippen LogP contribution is 2.31. The molecule has 3 heteroatoms. The Hall–Kier alpha value is -2.23. The Morgan fingerprint density at radius 2 is 1.07 bits per heavy atom. The smallest absolute Gasteiger partial charge is 0.167 e. The second-order valence-electron chi connectivity index (χ2n) is 4.69. The van der Waals surface area contributed by atoms with E-state index in [0.29, 0.717) is 6.42 Å². The van der Waals surface area contributed by atoms with E-state index in [2.05, 4.69) is 30.8 Å². The van der Waals surface area contributed by atoms with Gasteiger partial charge in [-0.2, -0.15) is 0 Å². The van der Waals surface area contributed by atoms with Gasteiger partial charge in [0.1, 0.15) is 0 Å².